The Hall–Kier alpha value is 0.709. The molecule has 1 rings (SSSR count). The van der Waals surface area contributed by atoms with Gasteiger partial charge in [-0.1, -0.05) is 0 Å². The predicted octanol–water partition coefficient (Wildman–Crippen LogP) is 7.05. The van der Waals surface area contributed by atoms with Crippen LogP contribution in [0.15, 0.2) is 8.57 Å². The SMILES string of the molecule is CCC[CH2][Sn]([CH2]CCC)([CH2]CCC)/[C](Br)=C/COC(=S)N1CCCC1. The molecule has 5 heteroatoms. The van der Waals surface area contributed by atoms with Gasteiger partial charge in [0.25, 0.3) is 0 Å². The van der Waals surface area contributed by atoms with Crippen molar-refractivity contribution in [2.75, 3.05) is 19.7 Å². The third-order valence-electron chi connectivity index (χ3n) is 5.37. The van der Waals surface area contributed by atoms with E-state index in [1.807, 2.05) is 0 Å². The molecule has 0 saturated carbocycles. The Bertz CT molecular complexity index is 389. The first-order chi connectivity index (χ1) is 12.1. The first-order valence-electron chi connectivity index (χ1n) is 10.4. The Morgan fingerprint density at radius 3 is 1.92 bits per heavy atom. The number of likely N-dealkylation sites (tertiary alicyclic amines) is 1. The van der Waals surface area contributed by atoms with Crippen molar-refractivity contribution in [1.82, 2.24) is 4.90 Å². The second-order valence-electron chi connectivity index (χ2n) is 7.41. The fraction of sp³-hybridized carbons (Fsp3) is 0.850. The summed E-state index contributed by atoms with van der Waals surface area (Å²) in [5.74, 6) is 0. The van der Waals surface area contributed by atoms with Crippen LogP contribution >= 0.6 is 28.1 Å². The van der Waals surface area contributed by atoms with Gasteiger partial charge in [0.1, 0.15) is 0 Å². The summed E-state index contributed by atoms with van der Waals surface area (Å²) in [4.78, 5) is 2.21. The van der Waals surface area contributed by atoms with E-state index in [2.05, 4.69) is 47.7 Å². The average molecular weight is 539 g/mol. The zero-order chi connectivity index (χ0) is 18.5. The topological polar surface area (TPSA) is 12.5 Å². The van der Waals surface area contributed by atoms with Crippen LogP contribution in [0, 0.1) is 0 Å². The number of rotatable bonds is 12. The maximum absolute atomic E-state index is 5.89. The first-order valence-corrected chi connectivity index (χ1v) is 19.1. The summed E-state index contributed by atoms with van der Waals surface area (Å²) in [7, 11) is 0. The molecule has 0 spiro atoms. The quantitative estimate of drug-likeness (QED) is 0.195. The molecule has 0 unspecified atom stereocenters. The number of ether oxygens (including phenoxy) is 1. The van der Waals surface area contributed by atoms with Gasteiger partial charge in [-0.3, -0.25) is 0 Å². The van der Waals surface area contributed by atoms with Crippen molar-refractivity contribution in [3.8, 4) is 0 Å². The summed E-state index contributed by atoms with van der Waals surface area (Å²) < 4.78 is 11.9. The summed E-state index contributed by atoms with van der Waals surface area (Å²) in [6.45, 7) is 9.74. The van der Waals surface area contributed by atoms with Crippen LogP contribution in [-0.4, -0.2) is 48.1 Å². The van der Waals surface area contributed by atoms with Crippen LogP contribution in [0.2, 0.25) is 13.3 Å². The van der Waals surface area contributed by atoms with Gasteiger partial charge < -0.3 is 0 Å². The summed E-state index contributed by atoms with van der Waals surface area (Å²) in [5, 5.41) is 0.700. The van der Waals surface area contributed by atoms with E-state index in [1.54, 1.807) is 2.50 Å². The van der Waals surface area contributed by atoms with Gasteiger partial charge in [0.15, 0.2) is 0 Å². The van der Waals surface area contributed by atoms with Gasteiger partial charge in [-0.2, -0.15) is 0 Å². The molecule has 25 heavy (non-hydrogen) atoms. The molecule has 0 aromatic carbocycles. The molecule has 0 aromatic heterocycles. The predicted molar refractivity (Wildman–Crippen MR) is 121 cm³/mol. The molecule has 1 heterocycles. The van der Waals surface area contributed by atoms with E-state index in [0.29, 0.717) is 11.8 Å². The Morgan fingerprint density at radius 2 is 1.48 bits per heavy atom. The van der Waals surface area contributed by atoms with Crippen LogP contribution in [0.25, 0.3) is 0 Å². The van der Waals surface area contributed by atoms with Gasteiger partial charge in [0.05, 0.1) is 0 Å². The van der Waals surface area contributed by atoms with Crippen LogP contribution < -0.4 is 0 Å². The van der Waals surface area contributed by atoms with E-state index in [0.717, 1.165) is 13.1 Å². The maximum atomic E-state index is 5.89. The van der Waals surface area contributed by atoms with Crippen LogP contribution in [0.5, 0.6) is 0 Å². The average Bonchev–Trinajstić information content (AvgIpc) is 3.16. The summed E-state index contributed by atoms with van der Waals surface area (Å²) >= 11 is 7.19. The third kappa shape index (κ3) is 8.50. The van der Waals surface area contributed by atoms with Gasteiger partial charge in [0, 0.05) is 0 Å². The van der Waals surface area contributed by atoms with Crippen molar-refractivity contribution in [3.63, 3.8) is 0 Å². The van der Waals surface area contributed by atoms with Gasteiger partial charge in [0.2, 0.25) is 0 Å². The number of nitrogens with zero attached hydrogens (tertiary/aromatic N) is 1. The van der Waals surface area contributed by atoms with Crippen LogP contribution in [-0.2, 0) is 4.74 Å². The second-order valence-corrected chi connectivity index (χ2v) is 23.8. The number of unbranched alkanes of at least 4 members (excludes halogenated alkanes) is 3. The summed E-state index contributed by atoms with van der Waals surface area (Å²) in [5.41, 5.74) is 0. The van der Waals surface area contributed by atoms with E-state index in [1.165, 1.54) is 64.7 Å². The third-order valence-corrected chi connectivity index (χ3v) is 26.4. The number of hydrogen-bond acceptors (Lipinski definition) is 2. The zero-order valence-electron chi connectivity index (χ0n) is 16.6. The Balaban J connectivity index is 2.71. The van der Waals surface area contributed by atoms with Crippen molar-refractivity contribution in [1.29, 1.82) is 0 Å². The molecule has 146 valence electrons. The van der Waals surface area contributed by atoms with E-state index < -0.39 is 18.4 Å². The fourth-order valence-corrected chi connectivity index (χ4v) is 22.5. The van der Waals surface area contributed by atoms with Gasteiger partial charge in [-0.15, -0.1) is 0 Å². The molecule has 0 radical (unpaired) electrons. The second kappa shape index (κ2) is 13.8. The first kappa shape index (κ1) is 23.7. The van der Waals surface area contributed by atoms with Crippen LogP contribution in [0.3, 0.4) is 0 Å². The van der Waals surface area contributed by atoms with Gasteiger partial charge in [-0.25, -0.2) is 0 Å². The Morgan fingerprint density at radius 1 is 1.00 bits per heavy atom. The van der Waals surface area contributed by atoms with Crippen molar-refractivity contribution in [2.24, 2.45) is 0 Å². The summed E-state index contributed by atoms with van der Waals surface area (Å²) in [6, 6.07) is 0. The van der Waals surface area contributed by atoms with E-state index in [4.69, 9.17) is 17.0 Å². The normalized spacial score (nSPS) is 15.7. The number of thiocarbonyl (C=S) groups is 1. The molecule has 1 aliphatic rings. The van der Waals surface area contributed by atoms with E-state index in [-0.39, 0.29) is 0 Å². The van der Waals surface area contributed by atoms with Crippen LogP contribution in [0.4, 0.5) is 0 Å². The molecule has 0 N–H and O–H groups in total. The van der Waals surface area contributed by atoms with Gasteiger partial charge >= 0.3 is 175 Å². The van der Waals surface area contributed by atoms with Crippen molar-refractivity contribution in [2.45, 2.75) is 85.4 Å². The molecule has 0 aliphatic carbocycles. The molecule has 0 atom stereocenters. The van der Waals surface area contributed by atoms with Crippen molar-refractivity contribution < 1.29 is 4.74 Å². The Kier molecular flexibility index (Phi) is 13.1. The Labute approximate surface area is 174 Å². The van der Waals surface area contributed by atoms with E-state index in [9.17, 15) is 0 Å². The van der Waals surface area contributed by atoms with Crippen molar-refractivity contribution >= 4 is 51.7 Å². The van der Waals surface area contributed by atoms with Crippen LogP contribution in [0.1, 0.15) is 72.1 Å². The molecule has 2 nitrogen and oxygen atoms in total. The molecule has 1 saturated heterocycles. The minimum atomic E-state index is -2.30. The molecule has 0 amide bonds. The zero-order valence-corrected chi connectivity index (χ0v) is 21.9. The van der Waals surface area contributed by atoms with Gasteiger partial charge in [-0.05, 0) is 0 Å². The van der Waals surface area contributed by atoms with Crippen molar-refractivity contribution in [3.05, 3.63) is 8.57 Å². The molecular weight excluding hydrogens is 501 g/mol. The molecule has 1 aliphatic heterocycles. The number of hydrogen-bond donors (Lipinski definition) is 0. The monoisotopic (exact) mass is 539 g/mol. The molecule has 0 aromatic rings. The molecular formula is C20H38BrNOSSn. The fourth-order valence-electron chi connectivity index (χ4n) is 3.67. The standard InChI is InChI=1S/C8H11BrNOS.3C4H9.Sn/c9-4-3-7-11-8(12)10-5-1-2-6-10;3*1-3-4-2;/h3H,1-2,5-7H2;3*1,3-4H2,2H3;. The summed E-state index contributed by atoms with van der Waals surface area (Å²) in [6.07, 6.45) is 12.9. The molecule has 0 bridgehead atoms. The van der Waals surface area contributed by atoms with E-state index >= 15 is 0 Å². The minimum absolute atomic E-state index is 0.638. The number of halogens is 1. The molecule has 1 fully saturated rings.